The Kier molecular flexibility index (Phi) is 2.28. The van der Waals surface area contributed by atoms with E-state index in [9.17, 15) is 4.79 Å². The second kappa shape index (κ2) is 3.59. The average molecular weight is 204 g/mol. The summed E-state index contributed by atoms with van der Waals surface area (Å²) in [5.74, 6) is 0. The molecule has 0 atom stereocenters. The van der Waals surface area contributed by atoms with Crippen molar-refractivity contribution in [1.82, 2.24) is 4.98 Å². The molecule has 3 nitrogen and oxygen atoms in total. The van der Waals surface area contributed by atoms with Crippen molar-refractivity contribution < 1.29 is 4.79 Å². The standard InChI is InChI=1S/C10H8N2OS/c11-9-3-4-12-5-8(9)10-2-1-7(6-13)14-10/h1-6H,(H2,11,12). The minimum atomic E-state index is 0.680. The summed E-state index contributed by atoms with van der Waals surface area (Å²) in [5, 5.41) is 0. The van der Waals surface area contributed by atoms with Crippen molar-refractivity contribution in [3.8, 4) is 10.4 Å². The summed E-state index contributed by atoms with van der Waals surface area (Å²) in [6.07, 6.45) is 4.18. The van der Waals surface area contributed by atoms with Crippen molar-refractivity contribution in [2.75, 3.05) is 5.73 Å². The van der Waals surface area contributed by atoms with Gasteiger partial charge in [0, 0.05) is 28.5 Å². The Labute approximate surface area is 85.2 Å². The molecule has 0 spiro atoms. The molecular weight excluding hydrogens is 196 g/mol. The van der Waals surface area contributed by atoms with E-state index in [0.29, 0.717) is 10.6 Å². The Hall–Kier alpha value is -1.68. The fourth-order valence-corrected chi connectivity index (χ4v) is 2.03. The zero-order chi connectivity index (χ0) is 9.97. The van der Waals surface area contributed by atoms with E-state index in [1.54, 1.807) is 24.5 Å². The first-order chi connectivity index (χ1) is 6.81. The van der Waals surface area contributed by atoms with Crippen LogP contribution >= 0.6 is 11.3 Å². The predicted molar refractivity (Wildman–Crippen MR) is 57.3 cm³/mol. The zero-order valence-electron chi connectivity index (χ0n) is 7.31. The number of thiophene rings is 1. The Morgan fingerprint density at radius 3 is 2.86 bits per heavy atom. The van der Waals surface area contributed by atoms with E-state index in [4.69, 9.17) is 5.73 Å². The van der Waals surface area contributed by atoms with Crippen LogP contribution in [-0.4, -0.2) is 11.3 Å². The highest BCUT2D eigenvalue weighted by atomic mass is 32.1. The monoisotopic (exact) mass is 204 g/mol. The molecule has 0 aliphatic carbocycles. The summed E-state index contributed by atoms with van der Waals surface area (Å²) in [6, 6.07) is 5.40. The van der Waals surface area contributed by atoms with Gasteiger partial charge in [-0.25, -0.2) is 0 Å². The van der Waals surface area contributed by atoms with Crippen molar-refractivity contribution in [2.45, 2.75) is 0 Å². The first kappa shape index (κ1) is 8.90. The van der Waals surface area contributed by atoms with E-state index >= 15 is 0 Å². The molecule has 2 heterocycles. The van der Waals surface area contributed by atoms with Gasteiger partial charge in [-0.3, -0.25) is 9.78 Å². The van der Waals surface area contributed by atoms with Gasteiger partial charge in [0.05, 0.1) is 4.88 Å². The second-order valence-corrected chi connectivity index (χ2v) is 3.90. The number of hydrogen-bond acceptors (Lipinski definition) is 4. The van der Waals surface area contributed by atoms with E-state index in [2.05, 4.69) is 4.98 Å². The number of nitrogens with zero attached hydrogens (tertiary/aromatic N) is 1. The molecule has 0 saturated heterocycles. The molecule has 0 amide bonds. The third kappa shape index (κ3) is 1.52. The second-order valence-electron chi connectivity index (χ2n) is 2.78. The third-order valence-corrected chi connectivity index (χ3v) is 2.91. The van der Waals surface area contributed by atoms with E-state index in [0.717, 1.165) is 16.7 Å². The Morgan fingerprint density at radius 1 is 1.36 bits per heavy atom. The number of aldehydes is 1. The fourth-order valence-electron chi connectivity index (χ4n) is 1.17. The first-order valence-electron chi connectivity index (χ1n) is 4.06. The maximum atomic E-state index is 10.5. The molecule has 70 valence electrons. The van der Waals surface area contributed by atoms with Crippen molar-refractivity contribution in [3.63, 3.8) is 0 Å². The van der Waals surface area contributed by atoms with Gasteiger partial charge in [-0.2, -0.15) is 0 Å². The molecule has 14 heavy (non-hydrogen) atoms. The smallest absolute Gasteiger partial charge is 0.160 e. The van der Waals surface area contributed by atoms with Crippen LogP contribution in [0.15, 0.2) is 30.6 Å². The molecule has 0 radical (unpaired) electrons. The maximum Gasteiger partial charge on any atom is 0.160 e. The normalized spacial score (nSPS) is 10.0. The van der Waals surface area contributed by atoms with Gasteiger partial charge < -0.3 is 5.73 Å². The highest BCUT2D eigenvalue weighted by Gasteiger charge is 2.05. The minimum absolute atomic E-state index is 0.680. The Balaban J connectivity index is 2.49. The number of nitrogen functional groups attached to an aromatic ring is 1. The maximum absolute atomic E-state index is 10.5. The molecule has 0 aliphatic heterocycles. The molecule has 2 N–H and O–H groups in total. The molecule has 0 saturated carbocycles. The number of hydrogen-bond donors (Lipinski definition) is 1. The average Bonchev–Trinajstić information content (AvgIpc) is 2.67. The number of carbonyl (C=O) groups is 1. The van der Waals surface area contributed by atoms with Gasteiger partial charge in [-0.05, 0) is 18.2 Å². The summed E-state index contributed by atoms with van der Waals surface area (Å²) in [4.78, 5) is 16.2. The van der Waals surface area contributed by atoms with Gasteiger partial charge >= 0.3 is 0 Å². The van der Waals surface area contributed by atoms with Gasteiger partial charge in [0.25, 0.3) is 0 Å². The lowest BCUT2D eigenvalue weighted by Gasteiger charge is -1.99. The van der Waals surface area contributed by atoms with Crippen LogP contribution in [0.3, 0.4) is 0 Å². The number of nitrogens with two attached hydrogens (primary N) is 1. The van der Waals surface area contributed by atoms with Crippen LogP contribution in [-0.2, 0) is 0 Å². The lowest BCUT2D eigenvalue weighted by atomic mass is 10.2. The molecule has 0 unspecified atom stereocenters. The SMILES string of the molecule is Nc1ccncc1-c1ccc(C=O)s1. The summed E-state index contributed by atoms with van der Waals surface area (Å²) < 4.78 is 0. The van der Waals surface area contributed by atoms with Crippen molar-refractivity contribution in [3.05, 3.63) is 35.5 Å². The number of pyridine rings is 1. The van der Waals surface area contributed by atoms with Gasteiger partial charge in [0.2, 0.25) is 0 Å². The predicted octanol–water partition coefficient (Wildman–Crippen LogP) is 2.20. The van der Waals surface area contributed by atoms with Crippen molar-refractivity contribution >= 4 is 23.3 Å². The van der Waals surface area contributed by atoms with Crippen LogP contribution < -0.4 is 5.73 Å². The zero-order valence-corrected chi connectivity index (χ0v) is 8.12. The molecule has 4 heteroatoms. The minimum Gasteiger partial charge on any atom is -0.398 e. The lowest BCUT2D eigenvalue weighted by Crippen LogP contribution is -1.88. The highest BCUT2D eigenvalue weighted by molar-refractivity contribution is 7.17. The first-order valence-corrected chi connectivity index (χ1v) is 4.88. The summed E-state index contributed by atoms with van der Waals surface area (Å²) >= 11 is 1.41. The van der Waals surface area contributed by atoms with E-state index < -0.39 is 0 Å². The van der Waals surface area contributed by atoms with Crippen molar-refractivity contribution in [2.24, 2.45) is 0 Å². The van der Waals surface area contributed by atoms with Gasteiger partial charge in [0.1, 0.15) is 0 Å². The van der Waals surface area contributed by atoms with Crippen molar-refractivity contribution in [1.29, 1.82) is 0 Å². The number of rotatable bonds is 2. The van der Waals surface area contributed by atoms with Gasteiger partial charge in [0.15, 0.2) is 6.29 Å². The molecule has 0 aromatic carbocycles. The van der Waals surface area contributed by atoms with Crippen LogP contribution in [0.5, 0.6) is 0 Å². The van der Waals surface area contributed by atoms with Gasteiger partial charge in [-0.1, -0.05) is 0 Å². The van der Waals surface area contributed by atoms with Crippen LogP contribution in [0.2, 0.25) is 0 Å². The van der Waals surface area contributed by atoms with E-state index in [-0.39, 0.29) is 0 Å². The summed E-state index contributed by atoms with van der Waals surface area (Å²) in [5.41, 5.74) is 7.34. The molecular formula is C10H8N2OS. The number of anilines is 1. The molecule has 0 fully saturated rings. The fraction of sp³-hybridized carbons (Fsp3) is 0. The molecule has 0 aliphatic rings. The number of carbonyl (C=O) groups excluding carboxylic acids is 1. The lowest BCUT2D eigenvalue weighted by molar-refractivity contribution is 0.112. The van der Waals surface area contributed by atoms with Crippen LogP contribution in [0.25, 0.3) is 10.4 Å². The topological polar surface area (TPSA) is 56.0 Å². The third-order valence-electron chi connectivity index (χ3n) is 1.86. The quantitative estimate of drug-likeness (QED) is 0.763. The summed E-state index contributed by atoms with van der Waals surface area (Å²) in [6.45, 7) is 0. The van der Waals surface area contributed by atoms with E-state index in [1.165, 1.54) is 11.3 Å². The van der Waals surface area contributed by atoms with Crippen LogP contribution in [0.4, 0.5) is 5.69 Å². The van der Waals surface area contributed by atoms with Crippen LogP contribution in [0, 0.1) is 0 Å². The molecule has 0 bridgehead atoms. The largest absolute Gasteiger partial charge is 0.398 e. The highest BCUT2D eigenvalue weighted by Crippen LogP contribution is 2.30. The molecule has 2 aromatic rings. The number of aromatic nitrogens is 1. The molecule has 2 aromatic heterocycles. The summed E-state index contributed by atoms with van der Waals surface area (Å²) in [7, 11) is 0. The molecule has 2 rings (SSSR count). The Bertz CT molecular complexity index is 465. The van der Waals surface area contributed by atoms with Gasteiger partial charge in [-0.15, -0.1) is 11.3 Å². The van der Waals surface area contributed by atoms with Crippen LogP contribution in [0.1, 0.15) is 9.67 Å². The Morgan fingerprint density at radius 2 is 2.21 bits per heavy atom. The van der Waals surface area contributed by atoms with E-state index in [1.807, 2.05) is 6.07 Å².